The summed E-state index contributed by atoms with van der Waals surface area (Å²) in [5.41, 5.74) is 2.38. The normalized spacial score (nSPS) is 17.1. The first kappa shape index (κ1) is 26.9. The quantitative estimate of drug-likeness (QED) is 0.276. The van der Waals surface area contributed by atoms with Gasteiger partial charge in [-0.3, -0.25) is 9.88 Å². The molecule has 1 atom stereocenters. The molecule has 1 fully saturated rings. The van der Waals surface area contributed by atoms with Crippen molar-refractivity contribution in [1.82, 2.24) is 9.88 Å². The number of fused-ring (bicyclic) bond motifs is 1. The highest BCUT2D eigenvalue weighted by Gasteiger charge is 2.38. The molecule has 2 aromatic carbocycles. The fourth-order valence-corrected chi connectivity index (χ4v) is 5.84. The fraction of sp³-hybridized carbons (Fsp3) is 0.321. The van der Waals surface area contributed by atoms with Gasteiger partial charge >= 0.3 is 12.2 Å². The van der Waals surface area contributed by atoms with Crippen LogP contribution >= 0.6 is 23.2 Å². The van der Waals surface area contributed by atoms with Gasteiger partial charge in [-0.1, -0.05) is 23.2 Å². The zero-order valence-electron chi connectivity index (χ0n) is 21.3. The highest BCUT2D eigenvalue weighted by molar-refractivity contribution is 6.35. The standard InChI is InChI=1S/C28H28Cl2N4O5/c1-32(22-15-18(29)14-19(30)16-22)27(35)34(21-6-11-33(12-7-21)20-4-9-31-10-5-20)25-8-13-38-26-3-2-23(17-24(25)26)39-28(36)37/h2-5,9-10,14-17,21,25H,6-8,11-13H2,1H3,(H,36,37). The molecule has 5 rings (SSSR count). The molecule has 9 nitrogen and oxygen atoms in total. The van der Waals surface area contributed by atoms with Crippen LogP contribution in [0.3, 0.4) is 0 Å². The fourth-order valence-electron chi connectivity index (χ4n) is 5.33. The lowest BCUT2D eigenvalue weighted by atomic mass is 9.94. The molecule has 2 amide bonds. The van der Waals surface area contributed by atoms with E-state index in [0.717, 1.165) is 31.6 Å². The zero-order valence-corrected chi connectivity index (χ0v) is 22.8. The van der Waals surface area contributed by atoms with E-state index in [2.05, 4.69) is 9.88 Å². The van der Waals surface area contributed by atoms with Gasteiger partial charge in [0.25, 0.3) is 0 Å². The van der Waals surface area contributed by atoms with Gasteiger partial charge < -0.3 is 24.4 Å². The molecule has 1 aromatic heterocycles. The maximum absolute atomic E-state index is 14.3. The molecule has 0 aliphatic carbocycles. The van der Waals surface area contributed by atoms with E-state index in [9.17, 15) is 9.59 Å². The molecule has 0 spiro atoms. The molecular weight excluding hydrogens is 543 g/mol. The molecule has 2 aliphatic heterocycles. The number of rotatable bonds is 5. The van der Waals surface area contributed by atoms with E-state index >= 15 is 0 Å². The molecule has 3 aromatic rings. The third-order valence-corrected chi connectivity index (χ3v) is 7.59. The van der Waals surface area contributed by atoms with Gasteiger partial charge in [-0.15, -0.1) is 0 Å². The van der Waals surface area contributed by atoms with Gasteiger partial charge in [0.15, 0.2) is 0 Å². The van der Waals surface area contributed by atoms with Crippen molar-refractivity contribution in [2.75, 3.05) is 36.5 Å². The molecule has 39 heavy (non-hydrogen) atoms. The van der Waals surface area contributed by atoms with Crippen molar-refractivity contribution in [1.29, 1.82) is 0 Å². The molecule has 1 saturated heterocycles. The van der Waals surface area contributed by atoms with Crippen LogP contribution in [0.15, 0.2) is 60.9 Å². The van der Waals surface area contributed by atoms with Gasteiger partial charge in [0, 0.05) is 72.0 Å². The Bertz CT molecular complexity index is 1330. The number of aromatic nitrogens is 1. The van der Waals surface area contributed by atoms with Crippen LogP contribution in [-0.2, 0) is 0 Å². The predicted molar refractivity (Wildman–Crippen MR) is 150 cm³/mol. The Balaban J connectivity index is 1.49. The molecule has 3 heterocycles. The summed E-state index contributed by atoms with van der Waals surface area (Å²) in [6.07, 6.45) is 4.18. The minimum Gasteiger partial charge on any atom is -0.493 e. The number of carbonyl (C=O) groups excluding carboxylic acids is 1. The van der Waals surface area contributed by atoms with Crippen molar-refractivity contribution >= 4 is 46.8 Å². The van der Waals surface area contributed by atoms with E-state index < -0.39 is 6.16 Å². The number of nitrogens with zero attached hydrogens (tertiary/aromatic N) is 4. The third-order valence-electron chi connectivity index (χ3n) is 7.16. The number of halogens is 2. The largest absolute Gasteiger partial charge is 0.511 e. The van der Waals surface area contributed by atoms with E-state index in [1.54, 1.807) is 60.7 Å². The second kappa shape index (κ2) is 11.6. The summed E-state index contributed by atoms with van der Waals surface area (Å²) in [5, 5.41) is 10.0. The van der Waals surface area contributed by atoms with Crippen molar-refractivity contribution in [3.63, 3.8) is 0 Å². The van der Waals surface area contributed by atoms with Crippen LogP contribution in [0.25, 0.3) is 0 Å². The Hall–Kier alpha value is -3.69. The molecule has 204 valence electrons. The third kappa shape index (κ3) is 5.99. The molecule has 0 saturated carbocycles. The minimum atomic E-state index is -1.41. The number of carboxylic acid groups (broad SMARTS) is 1. The second-order valence-electron chi connectivity index (χ2n) is 9.52. The van der Waals surface area contributed by atoms with Crippen LogP contribution in [0, 0.1) is 0 Å². The molecule has 0 bridgehead atoms. The van der Waals surface area contributed by atoms with Gasteiger partial charge in [-0.2, -0.15) is 0 Å². The van der Waals surface area contributed by atoms with Crippen LogP contribution in [0.1, 0.15) is 30.9 Å². The number of ether oxygens (including phenoxy) is 2. The first-order chi connectivity index (χ1) is 18.8. The summed E-state index contributed by atoms with van der Waals surface area (Å²) >= 11 is 12.5. The number of hydrogen-bond acceptors (Lipinski definition) is 6. The molecule has 1 unspecified atom stereocenters. The first-order valence-corrected chi connectivity index (χ1v) is 13.4. The lowest BCUT2D eigenvalue weighted by Gasteiger charge is -2.45. The Labute approximate surface area is 236 Å². The summed E-state index contributed by atoms with van der Waals surface area (Å²) in [7, 11) is 1.70. The Morgan fingerprint density at radius 2 is 1.72 bits per heavy atom. The number of piperidine rings is 1. The highest BCUT2D eigenvalue weighted by Crippen LogP contribution is 2.41. The summed E-state index contributed by atoms with van der Waals surface area (Å²) in [6, 6.07) is 13.2. The number of amides is 2. The number of hydrogen-bond donors (Lipinski definition) is 1. The van der Waals surface area contributed by atoms with Gasteiger partial charge in [0.05, 0.1) is 12.6 Å². The zero-order chi connectivity index (χ0) is 27.5. The average Bonchev–Trinajstić information content (AvgIpc) is 2.93. The van der Waals surface area contributed by atoms with E-state index in [1.165, 1.54) is 0 Å². The minimum absolute atomic E-state index is 0.0762. The topological polar surface area (TPSA) is 95.4 Å². The Morgan fingerprint density at radius 1 is 1.03 bits per heavy atom. The van der Waals surface area contributed by atoms with Crippen molar-refractivity contribution < 1.29 is 24.2 Å². The van der Waals surface area contributed by atoms with E-state index in [1.807, 2.05) is 17.0 Å². The predicted octanol–water partition coefficient (Wildman–Crippen LogP) is 6.50. The van der Waals surface area contributed by atoms with Gasteiger partial charge in [0.1, 0.15) is 11.5 Å². The number of carbonyl (C=O) groups is 2. The van der Waals surface area contributed by atoms with Crippen LogP contribution in [-0.4, -0.2) is 60.0 Å². The van der Waals surface area contributed by atoms with E-state index in [0.29, 0.717) is 40.1 Å². The van der Waals surface area contributed by atoms with Crippen LogP contribution in [0.4, 0.5) is 21.0 Å². The summed E-state index contributed by atoms with van der Waals surface area (Å²) in [6.45, 7) is 1.95. The molecule has 2 aliphatic rings. The number of anilines is 2. The summed E-state index contributed by atoms with van der Waals surface area (Å²) in [5.74, 6) is 0.774. The molecule has 11 heteroatoms. The molecule has 1 N–H and O–H groups in total. The summed E-state index contributed by atoms with van der Waals surface area (Å²) in [4.78, 5) is 35.3. The van der Waals surface area contributed by atoms with Crippen LogP contribution in [0.2, 0.25) is 10.0 Å². The molecule has 0 radical (unpaired) electrons. The number of urea groups is 1. The Morgan fingerprint density at radius 3 is 2.38 bits per heavy atom. The smallest absolute Gasteiger partial charge is 0.493 e. The number of benzene rings is 2. The van der Waals surface area contributed by atoms with Gasteiger partial charge in [0.2, 0.25) is 0 Å². The monoisotopic (exact) mass is 570 g/mol. The van der Waals surface area contributed by atoms with E-state index in [-0.39, 0.29) is 23.9 Å². The van der Waals surface area contributed by atoms with E-state index in [4.69, 9.17) is 37.8 Å². The van der Waals surface area contributed by atoms with Crippen molar-refractivity contribution in [3.8, 4) is 11.5 Å². The second-order valence-corrected chi connectivity index (χ2v) is 10.4. The highest BCUT2D eigenvalue weighted by atomic mass is 35.5. The summed E-state index contributed by atoms with van der Waals surface area (Å²) < 4.78 is 10.8. The maximum Gasteiger partial charge on any atom is 0.511 e. The number of pyridine rings is 1. The van der Waals surface area contributed by atoms with Crippen molar-refractivity contribution in [3.05, 3.63) is 76.5 Å². The van der Waals surface area contributed by atoms with Crippen molar-refractivity contribution in [2.24, 2.45) is 0 Å². The maximum atomic E-state index is 14.3. The average molecular weight is 571 g/mol. The Kier molecular flexibility index (Phi) is 7.99. The SMILES string of the molecule is CN(C(=O)N(C1CCN(c2ccncc2)CC1)C1CCOc2ccc(OC(=O)O)cc21)c1cc(Cl)cc(Cl)c1. The van der Waals surface area contributed by atoms with Crippen LogP contribution < -0.4 is 19.3 Å². The first-order valence-electron chi connectivity index (χ1n) is 12.6. The molecular formula is C28H28Cl2N4O5. The van der Waals surface area contributed by atoms with Crippen LogP contribution in [0.5, 0.6) is 11.5 Å². The lowest BCUT2D eigenvalue weighted by Crippen LogP contribution is -2.53. The van der Waals surface area contributed by atoms with Gasteiger partial charge in [-0.05, 0) is 61.4 Å². The van der Waals surface area contributed by atoms with Gasteiger partial charge in [-0.25, -0.2) is 9.59 Å². The van der Waals surface area contributed by atoms with Crippen molar-refractivity contribution in [2.45, 2.75) is 31.3 Å². The lowest BCUT2D eigenvalue weighted by molar-refractivity contribution is 0.109.